The van der Waals surface area contributed by atoms with E-state index in [4.69, 9.17) is 9.84 Å². The van der Waals surface area contributed by atoms with Crippen LogP contribution < -0.4 is 4.74 Å². The van der Waals surface area contributed by atoms with Gasteiger partial charge in [0.2, 0.25) is 5.91 Å². The highest BCUT2D eigenvalue weighted by Crippen LogP contribution is 2.40. The van der Waals surface area contributed by atoms with Crippen LogP contribution in [0.15, 0.2) is 30.3 Å². The Morgan fingerprint density at radius 3 is 2.65 bits per heavy atom. The minimum Gasteiger partial charge on any atom is -0.496 e. The summed E-state index contributed by atoms with van der Waals surface area (Å²) in [5.74, 6) is 0.571. The van der Waals surface area contributed by atoms with Gasteiger partial charge in [-0.15, -0.1) is 0 Å². The molecule has 6 heteroatoms. The van der Waals surface area contributed by atoms with Crippen molar-refractivity contribution in [3.8, 4) is 16.9 Å². The number of carboxylic acid groups (broad SMARTS) is 1. The molecule has 0 radical (unpaired) electrons. The maximum atomic E-state index is 14.6. The maximum Gasteiger partial charge on any atom is 0.307 e. The third-order valence-electron chi connectivity index (χ3n) is 6.54. The highest BCUT2D eigenvalue weighted by atomic mass is 19.1. The molecule has 0 saturated heterocycles. The number of fused-ring (bicyclic) bond motifs is 1. The summed E-state index contributed by atoms with van der Waals surface area (Å²) in [6.45, 7) is 3.00. The van der Waals surface area contributed by atoms with Gasteiger partial charge in [-0.3, -0.25) is 9.59 Å². The molecule has 1 heterocycles. The Morgan fingerprint density at radius 1 is 1.19 bits per heavy atom. The maximum absolute atomic E-state index is 14.6. The lowest BCUT2D eigenvalue weighted by atomic mass is 9.89. The topological polar surface area (TPSA) is 66.8 Å². The number of aliphatic carboxylic acids is 1. The second kappa shape index (κ2) is 8.69. The Kier molecular flexibility index (Phi) is 5.99. The predicted molar refractivity (Wildman–Crippen MR) is 115 cm³/mol. The van der Waals surface area contributed by atoms with Crippen molar-refractivity contribution in [3.05, 3.63) is 52.8 Å². The third kappa shape index (κ3) is 4.58. The largest absolute Gasteiger partial charge is 0.496 e. The van der Waals surface area contributed by atoms with Crippen molar-refractivity contribution < 1.29 is 23.8 Å². The number of benzene rings is 2. The number of hydrogen-bond donors (Lipinski definition) is 1. The smallest absolute Gasteiger partial charge is 0.307 e. The van der Waals surface area contributed by atoms with Crippen molar-refractivity contribution >= 4 is 11.9 Å². The molecule has 5 nitrogen and oxygen atoms in total. The summed E-state index contributed by atoms with van der Waals surface area (Å²) in [6.07, 6.45) is 3.31. The van der Waals surface area contributed by atoms with E-state index in [9.17, 15) is 14.0 Å². The summed E-state index contributed by atoms with van der Waals surface area (Å²) in [7, 11) is 1.56. The lowest BCUT2D eigenvalue weighted by Gasteiger charge is -2.32. The van der Waals surface area contributed by atoms with Crippen molar-refractivity contribution in [1.29, 1.82) is 0 Å². The summed E-state index contributed by atoms with van der Waals surface area (Å²) in [4.78, 5) is 25.9. The summed E-state index contributed by atoms with van der Waals surface area (Å²) >= 11 is 0. The minimum absolute atomic E-state index is 0.107. The summed E-state index contributed by atoms with van der Waals surface area (Å²) in [5, 5.41) is 9.17. The number of nitrogens with zero attached hydrogens (tertiary/aromatic N) is 1. The van der Waals surface area contributed by atoms with Crippen LogP contribution in [0.25, 0.3) is 11.1 Å². The summed E-state index contributed by atoms with van der Waals surface area (Å²) < 4.78 is 20.2. The second-order valence-corrected chi connectivity index (χ2v) is 8.74. The van der Waals surface area contributed by atoms with E-state index < -0.39 is 5.97 Å². The quantitative estimate of drug-likeness (QED) is 0.712. The van der Waals surface area contributed by atoms with Gasteiger partial charge in [0.05, 0.1) is 13.5 Å². The fourth-order valence-electron chi connectivity index (χ4n) is 4.58. The number of ether oxygens (including phenoxy) is 1. The molecule has 2 aromatic carbocycles. The number of carboxylic acids is 1. The highest BCUT2D eigenvalue weighted by Gasteiger charge is 2.32. The number of hydrogen-bond acceptors (Lipinski definition) is 3. The fourth-order valence-corrected chi connectivity index (χ4v) is 4.58. The lowest BCUT2D eigenvalue weighted by molar-refractivity contribution is -0.136. The van der Waals surface area contributed by atoms with Crippen LogP contribution >= 0.6 is 0 Å². The lowest BCUT2D eigenvalue weighted by Crippen LogP contribution is -2.37. The van der Waals surface area contributed by atoms with Gasteiger partial charge < -0.3 is 14.7 Å². The molecule has 1 N–H and O–H groups in total. The molecular weight excluding hydrogens is 397 g/mol. The van der Waals surface area contributed by atoms with E-state index in [-0.39, 0.29) is 18.1 Å². The minimum atomic E-state index is -0.918. The normalized spacial score (nSPS) is 16.5. The number of amides is 1. The zero-order valence-corrected chi connectivity index (χ0v) is 18.0. The molecule has 0 bridgehead atoms. The second-order valence-electron chi connectivity index (χ2n) is 8.74. The van der Waals surface area contributed by atoms with Crippen LogP contribution in [-0.4, -0.2) is 35.5 Å². The van der Waals surface area contributed by atoms with E-state index in [1.165, 1.54) is 18.9 Å². The zero-order valence-electron chi connectivity index (χ0n) is 18.0. The van der Waals surface area contributed by atoms with Crippen molar-refractivity contribution in [2.75, 3.05) is 13.7 Å². The van der Waals surface area contributed by atoms with E-state index >= 15 is 0 Å². The molecule has 164 valence electrons. The van der Waals surface area contributed by atoms with Gasteiger partial charge in [0.15, 0.2) is 0 Å². The van der Waals surface area contributed by atoms with Gasteiger partial charge >= 0.3 is 5.97 Å². The first-order valence-corrected chi connectivity index (χ1v) is 10.8. The molecule has 1 saturated carbocycles. The third-order valence-corrected chi connectivity index (χ3v) is 6.54. The van der Waals surface area contributed by atoms with E-state index in [1.807, 2.05) is 4.90 Å². The first-order chi connectivity index (χ1) is 14.9. The highest BCUT2D eigenvalue weighted by molar-refractivity contribution is 5.80. The average Bonchev–Trinajstić information content (AvgIpc) is 3.59. The van der Waals surface area contributed by atoms with Gasteiger partial charge in [-0.2, -0.15) is 0 Å². The Bertz CT molecular complexity index is 1010. The van der Waals surface area contributed by atoms with Gasteiger partial charge in [-0.05, 0) is 71.6 Å². The van der Waals surface area contributed by atoms with Crippen LogP contribution in [-0.2, 0) is 29.0 Å². The molecule has 2 aliphatic rings. The van der Waals surface area contributed by atoms with Gasteiger partial charge in [-0.1, -0.05) is 19.1 Å². The van der Waals surface area contributed by atoms with Gasteiger partial charge in [-0.25, -0.2) is 4.39 Å². The standard InChI is InChI=1S/C25H28FNO4/c1-15(17-4-5-17)11-24(28)27-10-9-19-21(14-27)18(6-7-22(19)26)20-12-16(13-25(29)30)3-8-23(20)31-2/h3,6-8,12,15,17H,4-5,9-11,13-14H2,1-2H3,(H,29,30). The van der Waals surface area contributed by atoms with Crippen molar-refractivity contribution in [1.82, 2.24) is 4.90 Å². The van der Waals surface area contributed by atoms with E-state index in [0.29, 0.717) is 54.6 Å². The van der Waals surface area contributed by atoms with Crippen LogP contribution in [0.2, 0.25) is 0 Å². The molecule has 1 aliphatic heterocycles. The molecular formula is C25H28FNO4. The molecule has 1 aliphatic carbocycles. The Labute approximate surface area is 181 Å². The van der Waals surface area contributed by atoms with E-state index in [0.717, 1.165) is 16.7 Å². The molecule has 1 unspecified atom stereocenters. The van der Waals surface area contributed by atoms with Gasteiger partial charge in [0, 0.05) is 25.1 Å². The number of carbonyl (C=O) groups excluding carboxylic acids is 1. The number of carbonyl (C=O) groups is 2. The molecule has 0 spiro atoms. The van der Waals surface area contributed by atoms with Crippen molar-refractivity contribution in [2.24, 2.45) is 11.8 Å². The molecule has 4 rings (SSSR count). The van der Waals surface area contributed by atoms with Crippen LogP contribution in [0.3, 0.4) is 0 Å². The van der Waals surface area contributed by atoms with Crippen LogP contribution in [0.4, 0.5) is 4.39 Å². The summed E-state index contributed by atoms with van der Waals surface area (Å²) in [6, 6.07) is 8.41. The number of methoxy groups -OCH3 is 1. The van der Waals surface area contributed by atoms with Crippen LogP contribution in [0, 0.1) is 17.7 Å². The molecule has 1 amide bonds. The van der Waals surface area contributed by atoms with E-state index in [1.54, 1.807) is 31.4 Å². The van der Waals surface area contributed by atoms with E-state index in [2.05, 4.69) is 6.92 Å². The Balaban J connectivity index is 1.68. The van der Waals surface area contributed by atoms with Gasteiger partial charge in [0.25, 0.3) is 0 Å². The fraction of sp³-hybridized carbons (Fsp3) is 0.440. The first kappa shape index (κ1) is 21.3. The molecule has 1 fully saturated rings. The Hall–Kier alpha value is -2.89. The molecule has 0 aromatic heterocycles. The number of halogens is 1. The monoisotopic (exact) mass is 425 g/mol. The van der Waals surface area contributed by atoms with Gasteiger partial charge in [0.1, 0.15) is 11.6 Å². The van der Waals surface area contributed by atoms with Crippen molar-refractivity contribution in [2.45, 2.75) is 45.6 Å². The summed E-state index contributed by atoms with van der Waals surface area (Å²) in [5.41, 5.74) is 3.56. The first-order valence-electron chi connectivity index (χ1n) is 10.8. The van der Waals surface area contributed by atoms with Crippen LogP contribution in [0.1, 0.15) is 42.9 Å². The number of rotatable bonds is 7. The average molecular weight is 426 g/mol. The van der Waals surface area contributed by atoms with Crippen LogP contribution in [0.5, 0.6) is 5.75 Å². The predicted octanol–water partition coefficient (Wildman–Crippen LogP) is 4.45. The molecule has 1 atom stereocenters. The van der Waals surface area contributed by atoms with Crippen molar-refractivity contribution in [3.63, 3.8) is 0 Å². The Morgan fingerprint density at radius 2 is 1.97 bits per heavy atom. The zero-order chi connectivity index (χ0) is 22.1. The SMILES string of the molecule is COc1ccc(CC(=O)O)cc1-c1ccc(F)c2c1CN(C(=O)CC(C)C1CC1)CC2. The molecule has 31 heavy (non-hydrogen) atoms. The molecule has 2 aromatic rings.